The van der Waals surface area contributed by atoms with Gasteiger partial charge in [-0.05, 0) is 6.42 Å². The van der Waals surface area contributed by atoms with Gasteiger partial charge in [-0.25, -0.2) is 0 Å². The second kappa shape index (κ2) is 18.9. The van der Waals surface area contributed by atoms with Crippen molar-refractivity contribution in [2.45, 2.75) is 110 Å². The fourth-order valence-corrected chi connectivity index (χ4v) is 3.23. The summed E-state index contributed by atoms with van der Waals surface area (Å²) in [5.74, 6) is 0.753. The third-order valence-electron chi connectivity index (χ3n) is 4.01. The fraction of sp³-hybridized carbons (Fsp3) is 0.947. The highest BCUT2D eigenvalue weighted by Crippen LogP contribution is 2.14. The second-order valence-corrected chi connectivity index (χ2v) is 7.16. The van der Waals surface area contributed by atoms with Crippen molar-refractivity contribution in [1.29, 1.82) is 0 Å². The van der Waals surface area contributed by atoms with E-state index in [0.717, 1.165) is 12.2 Å². The predicted octanol–water partition coefficient (Wildman–Crippen LogP) is 7.07. The third kappa shape index (κ3) is 19.8. The molecule has 0 amide bonds. The summed E-state index contributed by atoms with van der Waals surface area (Å²) < 4.78 is 4.84. The van der Waals surface area contributed by atoms with Crippen LogP contribution in [0.15, 0.2) is 0 Å². The summed E-state index contributed by atoms with van der Waals surface area (Å²) in [4.78, 5) is 10.6. The van der Waals surface area contributed by atoms with Crippen molar-refractivity contribution in [2.24, 2.45) is 0 Å². The molecule has 132 valence electrons. The monoisotopic (exact) mass is 330 g/mol. The standard InChI is InChI=1S/C19H38O2S/c1-3-4-5-6-7-8-9-10-11-12-13-14-15-16-17-18-22-21-19(2)20/h3-18H2,1-2H3. The Balaban J connectivity index is 2.95. The lowest BCUT2D eigenvalue weighted by Crippen LogP contribution is -1.91. The summed E-state index contributed by atoms with van der Waals surface area (Å²) in [5, 5.41) is 0. The number of unbranched alkanes of at least 4 members (excludes halogenated alkanes) is 14. The third-order valence-corrected chi connectivity index (χ3v) is 4.82. The Morgan fingerprint density at radius 1 is 0.682 bits per heavy atom. The highest BCUT2D eigenvalue weighted by Gasteiger charge is 1.96. The molecule has 0 heterocycles. The normalized spacial score (nSPS) is 10.8. The number of hydrogen-bond acceptors (Lipinski definition) is 3. The molecule has 0 atom stereocenters. The van der Waals surface area contributed by atoms with Gasteiger partial charge < -0.3 is 4.18 Å². The Hall–Kier alpha value is -0.180. The van der Waals surface area contributed by atoms with Gasteiger partial charge in [0, 0.05) is 12.7 Å². The van der Waals surface area contributed by atoms with Crippen LogP contribution in [-0.2, 0) is 8.98 Å². The first-order valence-electron chi connectivity index (χ1n) is 9.57. The van der Waals surface area contributed by atoms with Gasteiger partial charge in [0.2, 0.25) is 0 Å². The first-order chi connectivity index (χ1) is 10.8. The SMILES string of the molecule is CCCCCCCCCCCCCCCCCSOC(C)=O. The summed E-state index contributed by atoms with van der Waals surface area (Å²) in [5.41, 5.74) is 0. The van der Waals surface area contributed by atoms with E-state index in [9.17, 15) is 4.79 Å². The molecule has 0 aliphatic rings. The van der Waals surface area contributed by atoms with Crippen LogP contribution < -0.4 is 0 Å². The lowest BCUT2D eigenvalue weighted by molar-refractivity contribution is -0.130. The van der Waals surface area contributed by atoms with E-state index in [0.29, 0.717) is 0 Å². The van der Waals surface area contributed by atoms with E-state index in [1.54, 1.807) is 0 Å². The molecule has 22 heavy (non-hydrogen) atoms. The van der Waals surface area contributed by atoms with Crippen molar-refractivity contribution in [3.05, 3.63) is 0 Å². The van der Waals surface area contributed by atoms with Gasteiger partial charge >= 0.3 is 5.97 Å². The average molecular weight is 331 g/mol. The van der Waals surface area contributed by atoms with E-state index >= 15 is 0 Å². The van der Waals surface area contributed by atoms with E-state index in [2.05, 4.69) is 6.92 Å². The van der Waals surface area contributed by atoms with Gasteiger partial charge in [0.15, 0.2) is 0 Å². The molecule has 0 rings (SSSR count). The zero-order valence-corrected chi connectivity index (χ0v) is 15.9. The van der Waals surface area contributed by atoms with Crippen molar-refractivity contribution >= 4 is 18.0 Å². The quantitative estimate of drug-likeness (QED) is 0.211. The Morgan fingerprint density at radius 2 is 1.05 bits per heavy atom. The van der Waals surface area contributed by atoms with Crippen LogP contribution >= 0.6 is 12.0 Å². The minimum atomic E-state index is -0.189. The Labute approximate surface area is 143 Å². The van der Waals surface area contributed by atoms with Crippen molar-refractivity contribution in [3.63, 3.8) is 0 Å². The number of hydrogen-bond donors (Lipinski definition) is 0. The van der Waals surface area contributed by atoms with Crippen LogP contribution in [0.3, 0.4) is 0 Å². The summed E-state index contributed by atoms with van der Waals surface area (Å²) in [7, 11) is 0. The van der Waals surface area contributed by atoms with Crippen LogP contribution in [0.5, 0.6) is 0 Å². The maximum absolute atomic E-state index is 10.6. The molecule has 0 saturated heterocycles. The smallest absolute Gasteiger partial charge is 0.314 e. The molecule has 0 aliphatic heterocycles. The summed E-state index contributed by atoms with van der Waals surface area (Å²) in [6.45, 7) is 3.74. The van der Waals surface area contributed by atoms with Gasteiger partial charge in [0.05, 0.1) is 12.0 Å². The van der Waals surface area contributed by atoms with Crippen molar-refractivity contribution < 1.29 is 8.98 Å². The van der Waals surface area contributed by atoms with Crippen LogP contribution in [0.1, 0.15) is 110 Å². The molecule has 0 N–H and O–H groups in total. The van der Waals surface area contributed by atoms with Gasteiger partial charge in [0.1, 0.15) is 0 Å². The Bertz CT molecular complexity index is 231. The number of rotatable bonds is 17. The maximum atomic E-state index is 10.6. The van der Waals surface area contributed by atoms with Crippen molar-refractivity contribution in [1.82, 2.24) is 0 Å². The molecule has 0 radical (unpaired) electrons. The van der Waals surface area contributed by atoms with E-state index < -0.39 is 0 Å². The zero-order chi connectivity index (χ0) is 16.3. The summed E-state index contributed by atoms with van der Waals surface area (Å²) in [6.07, 6.45) is 20.8. The van der Waals surface area contributed by atoms with E-state index in [1.165, 1.54) is 109 Å². The molecular weight excluding hydrogens is 292 g/mol. The van der Waals surface area contributed by atoms with E-state index in [1.807, 2.05) is 0 Å². The lowest BCUT2D eigenvalue weighted by atomic mass is 10.0. The molecule has 0 fully saturated rings. The minimum absolute atomic E-state index is 0.189. The van der Waals surface area contributed by atoms with Crippen molar-refractivity contribution in [3.8, 4) is 0 Å². The molecule has 0 bridgehead atoms. The molecule has 0 aromatic rings. The second-order valence-electron chi connectivity index (χ2n) is 6.35. The highest BCUT2D eigenvalue weighted by molar-refractivity contribution is 7.95. The zero-order valence-electron chi connectivity index (χ0n) is 15.0. The van der Waals surface area contributed by atoms with Crippen LogP contribution in [0, 0.1) is 0 Å². The molecular formula is C19H38O2S. The Kier molecular flexibility index (Phi) is 18.7. The van der Waals surface area contributed by atoms with Gasteiger partial charge in [-0.15, -0.1) is 0 Å². The minimum Gasteiger partial charge on any atom is -0.392 e. The van der Waals surface area contributed by atoms with Crippen molar-refractivity contribution in [2.75, 3.05) is 5.75 Å². The molecule has 0 aromatic heterocycles. The largest absolute Gasteiger partial charge is 0.392 e. The molecule has 3 heteroatoms. The lowest BCUT2D eigenvalue weighted by Gasteiger charge is -2.03. The van der Waals surface area contributed by atoms with Gasteiger partial charge in [0.25, 0.3) is 0 Å². The van der Waals surface area contributed by atoms with Gasteiger partial charge in [-0.3, -0.25) is 4.79 Å². The average Bonchev–Trinajstić information content (AvgIpc) is 2.50. The highest BCUT2D eigenvalue weighted by atomic mass is 32.2. The van der Waals surface area contributed by atoms with Crippen LogP contribution in [0.25, 0.3) is 0 Å². The van der Waals surface area contributed by atoms with Crippen LogP contribution in [0.4, 0.5) is 0 Å². The topological polar surface area (TPSA) is 26.3 Å². The molecule has 0 aliphatic carbocycles. The van der Waals surface area contributed by atoms with E-state index in [4.69, 9.17) is 4.18 Å². The van der Waals surface area contributed by atoms with Crippen LogP contribution in [-0.4, -0.2) is 11.7 Å². The molecule has 0 saturated carbocycles. The predicted molar refractivity (Wildman–Crippen MR) is 99.2 cm³/mol. The van der Waals surface area contributed by atoms with Gasteiger partial charge in [-0.2, -0.15) is 0 Å². The molecule has 0 spiro atoms. The summed E-state index contributed by atoms with van der Waals surface area (Å²) >= 11 is 1.30. The first kappa shape index (κ1) is 21.8. The maximum Gasteiger partial charge on any atom is 0.314 e. The fourth-order valence-electron chi connectivity index (χ4n) is 2.66. The summed E-state index contributed by atoms with van der Waals surface area (Å²) in [6, 6.07) is 0. The first-order valence-corrected chi connectivity index (χ1v) is 10.5. The molecule has 0 aromatic carbocycles. The number of carbonyl (C=O) groups excluding carboxylic acids is 1. The Morgan fingerprint density at radius 3 is 1.41 bits per heavy atom. The number of carbonyl (C=O) groups is 1. The van der Waals surface area contributed by atoms with E-state index in [-0.39, 0.29) is 5.97 Å². The molecule has 2 nitrogen and oxygen atoms in total. The van der Waals surface area contributed by atoms with Crippen LogP contribution in [0.2, 0.25) is 0 Å². The van der Waals surface area contributed by atoms with Gasteiger partial charge in [-0.1, -0.05) is 96.8 Å². The molecule has 0 unspecified atom stereocenters.